The average Bonchev–Trinajstić information content (AvgIpc) is 3.05. The van der Waals surface area contributed by atoms with Crippen LogP contribution in [0.1, 0.15) is 19.2 Å². The van der Waals surface area contributed by atoms with Gasteiger partial charge in [-0.25, -0.2) is 4.98 Å². The second-order valence-electron chi connectivity index (χ2n) is 6.37. The van der Waals surface area contributed by atoms with Crippen LogP contribution in [0.4, 0.5) is 0 Å². The lowest BCUT2D eigenvalue weighted by Gasteiger charge is -2.12. The molecule has 0 aliphatic rings. The molecule has 0 fully saturated rings. The number of benzene rings is 1. The van der Waals surface area contributed by atoms with Crippen LogP contribution >= 0.6 is 11.3 Å². The van der Waals surface area contributed by atoms with Crippen LogP contribution in [0.5, 0.6) is 0 Å². The Balaban J connectivity index is 1.78. The number of nitrogens with one attached hydrogen (secondary N) is 3. The van der Waals surface area contributed by atoms with Crippen molar-refractivity contribution < 1.29 is 9.69 Å². The minimum Gasteiger partial charge on any atom is -0.351 e. The number of nitrogens with zero attached hydrogens (tertiary/aromatic N) is 1. The number of carbonyl (C=O) groups excluding carboxylic acids is 1. The number of H-pyrrole nitrogens is 1. The van der Waals surface area contributed by atoms with Gasteiger partial charge in [0.05, 0.1) is 12.4 Å². The van der Waals surface area contributed by atoms with Gasteiger partial charge in [0.2, 0.25) is 0 Å². The standard InChI is InChI=1S/C19H22N4O2S/c1-3-9-20-17(24)12-23(2)11-16-21-18(25)14-10-15(26-19(14)22-16)13-7-5-4-6-8-13/h4-8,10H,3,9,11-12H2,1-2H3,(H,20,24)(H,21,22,25)/p+1. The third kappa shape index (κ3) is 4.36. The maximum Gasteiger partial charge on any atom is 0.275 e. The molecule has 0 saturated heterocycles. The number of aromatic nitrogens is 2. The lowest BCUT2D eigenvalue weighted by Crippen LogP contribution is -3.09. The van der Waals surface area contributed by atoms with Crippen molar-refractivity contribution >= 4 is 27.5 Å². The number of amides is 1. The van der Waals surface area contributed by atoms with Crippen molar-refractivity contribution in [2.24, 2.45) is 0 Å². The Morgan fingerprint density at radius 3 is 2.81 bits per heavy atom. The van der Waals surface area contributed by atoms with Crippen LogP contribution in [0.25, 0.3) is 20.7 Å². The number of likely N-dealkylation sites (N-methyl/N-ethyl adjacent to an activating group) is 1. The van der Waals surface area contributed by atoms with Gasteiger partial charge in [-0.1, -0.05) is 37.3 Å². The second kappa shape index (κ2) is 8.25. The molecule has 1 unspecified atom stereocenters. The van der Waals surface area contributed by atoms with E-state index in [9.17, 15) is 9.59 Å². The van der Waals surface area contributed by atoms with Crippen LogP contribution in [0.3, 0.4) is 0 Å². The van der Waals surface area contributed by atoms with Crippen LogP contribution < -0.4 is 15.8 Å². The Morgan fingerprint density at radius 2 is 2.08 bits per heavy atom. The molecule has 2 aromatic heterocycles. The van der Waals surface area contributed by atoms with E-state index in [-0.39, 0.29) is 11.5 Å². The third-order valence-corrected chi connectivity index (χ3v) is 5.09. The Kier molecular flexibility index (Phi) is 5.80. The second-order valence-corrected chi connectivity index (χ2v) is 7.40. The molecule has 0 aliphatic carbocycles. The van der Waals surface area contributed by atoms with Gasteiger partial charge >= 0.3 is 0 Å². The van der Waals surface area contributed by atoms with Crippen molar-refractivity contribution in [2.45, 2.75) is 19.9 Å². The highest BCUT2D eigenvalue weighted by Gasteiger charge is 2.14. The molecule has 1 aromatic carbocycles. The molecule has 3 rings (SSSR count). The Labute approximate surface area is 155 Å². The topological polar surface area (TPSA) is 79.3 Å². The number of thiophene rings is 1. The molecule has 2 heterocycles. The largest absolute Gasteiger partial charge is 0.351 e. The lowest BCUT2D eigenvalue weighted by atomic mass is 10.2. The summed E-state index contributed by atoms with van der Waals surface area (Å²) in [5, 5.41) is 3.47. The molecule has 26 heavy (non-hydrogen) atoms. The quantitative estimate of drug-likeness (QED) is 0.584. The van der Waals surface area contributed by atoms with Crippen molar-refractivity contribution in [1.29, 1.82) is 0 Å². The fourth-order valence-corrected chi connectivity index (χ4v) is 3.81. The fraction of sp³-hybridized carbons (Fsp3) is 0.316. The number of quaternary nitrogens is 1. The predicted molar refractivity (Wildman–Crippen MR) is 104 cm³/mol. The molecule has 7 heteroatoms. The van der Waals surface area contributed by atoms with Crippen LogP contribution in [-0.2, 0) is 11.3 Å². The third-order valence-electron chi connectivity index (χ3n) is 4.01. The van der Waals surface area contributed by atoms with E-state index in [0.717, 1.165) is 26.6 Å². The summed E-state index contributed by atoms with van der Waals surface area (Å²) in [4.78, 5) is 34.4. The summed E-state index contributed by atoms with van der Waals surface area (Å²) in [6, 6.07) is 11.9. The van der Waals surface area contributed by atoms with E-state index in [0.29, 0.717) is 30.8 Å². The zero-order valence-electron chi connectivity index (χ0n) is 15.0. The van der Waals surface area contributed by atoms with Gasteiger partial charge in [-0.05, 0) is 18.1 Å². The Hall–Kier alpha value is -2.51. The molecule has 0 radical (unpaired) electrons. The van der Waals surface area contributed by atoms with E-state index in [1.54, 1.807) is 0 Å². The molecule has 3 aromatic rings. The van der Waals surface area contributed by atoms with Crippen LogP contribution in [0.15, 0.2) is 41.2 Å². The maximum absolute atomic E-state index is 12.4. The predicted octanol–water partition coefficient (Wildman–Crippen LogP) is 1.19. The SMILES string of the molecule is CCCNC(=O)C[NH+](C)Cc1nc2sc(-c3ccccc3)cc2c(=O)[nH]1. The van der Waals surface area contributed by atoms with Gasteiger partial charge in [0.1, 0.15) is 11.4 Å². The van der Waals surface area contributed by atoms with Crippen molar-refractivity contribution in [3.63, 3.8) is 0 Å². The molecule has 6 nitrogen and oxygen atoms in total. The summed E-state index contributed by atoms with van der Waals surface area (Å²) < 4.78 is 0. The van der Waals surface area contributed by atoms with Crippen molar-refractivity contribution in [3.05, 3.63) is 52.6 Å². The van der Waals surface area contributed by atoms with Gasteiger partial charge in [0.15, 0.2) is 12.4 Å². The maximum atomic E-state index is 12.4. The number of hydrogen-bond donors (Lipinski definition) is 3. The molecule has 0 spiro atoms. The van der Waals surface area contributed by atoms with Gasteiger partial charge in [-0.3, -0.25) is 9.59 Å². The van der Waals surface area contributed by atoms with E-state index >= 15 is 0 Å². The first kappa shape index (κ1) is 18.3. The summed E-state index contributed by atoms with van der Waals surface area (Å²) >= 11 is 1.51. The lowest BCUT2D eigenvalue weighted by molar-refractivity contribution is -0.886. The summed E-state index contributed by atoms with van der Waals surface area (Å²) in [6.45, 7) is 3.54. The number of hydrogen-bond acceptors (Lipinski definition) is 4. The molecule has 1 amide bonds. The average molecular weight is 371 g/mol. The Morgan fingerprint density at radius 1 is 1.31 bits per heavy atom. The van der Waals surface area contributed by atoms with Gasteiger partial charge in [-0.15, -0.1) is 11.3 Å². The first-order chi connectivity index (χ1) is 12.6. The van der Waals surface area contributed by atoms with E-state index in [4.69, 9.17) is 0 Å². The number of rotatable bonds is 7. The van der Waals surface area contributed by atoms with Crippen molar-refractivity contribution in [3.8, 4) is 10.4 Å². The van der Waals surface area contributed by atoms with E-state index in [1.807, 2.05) is 50.4 Å². The highest BCUT2D eigenvalue weighted by molar-refractivity contribution is 7.21. The smallest absolute Gasteiger partial charge is 0.275 e. The zero-order chi connectivity index (χ0) is 18.5. The highest BCUT2D eigenvalue weighted by atomic mass is 32.1. The Bertz CT molecular complexity index is 949. The highest BCUT2D eigenvalue weighted by Crippen LogP contribution is 2.30. The van der Waals surface area contributed by atoms with E-state index < -0.39 is 0 Å². The van der Waals surface area contributed by atoms with Crippen LogP contribution in [0, 0.1) is 0 Å². The molecule has 136 valence electrons. The van der Waals surface area contributed by atoms with Gasteiger partial charge in [0.25, 0.3) is 11.5 Å². The number of aromatic amines is 1. The van der Waals surface area contributed by atoms with E-state index in [1.165, 1.54) is 11.3 Å². The first-order valence-corrected chi connectivity index (χ1v) is 9.54. The first-order valence-electron chi connectivity index (χ1n) is 8.73. The molecule has 3 N–H and O–H groups in total. The summed E-state index contributed by atoms with van der Waals surface area (Å²) in [7, 11) is 1.92. The van der Waals surface area contributed by atoms with Crippen LogP contribution in [-0.4, -0.2) is 36.0 Å². The van der Waals surface area contributed by atoms with Crippen molar-refractivity contribution in [2.75, 3.05) is 20.1 Å². The monoisotopic (exact) mass is 371 g/mol. The number of carbonyl (C=O) groups is 1. The van der Waals surface area contributed by atoms with Gasteiger partial charge in [-0.2, -0.15) is 0 Å². The van der Waals surface area contributed by atoms with Crippen molar-refractivity contribution in [1.82, 2.24) is 15.3 Å². The van der Waals surface area contributed by atoms with Gasteiger partial charge < -0.3 is 15.2 Å². The van der Waals surface area contributed by atoms with Crippen LogP contribution in [0.2, 0.25) is 0 Å². The molecule has 0 aliphatic heterocycles. The molecule has 0 saturated carbocycles. The number of fused-ring (bicyclic) bond motifs is 1. The molecular formula is C19H23N4O2S+. The molecule has 1 atom stereocenters. The minimum absolute atomic E-state index is 0.00950. The normalized spacial score (nSPS) is 12.2. The fourth-order valence-electron chi connectivity index (χ4n) is 2.75. The molecular weight excluding hydrogens is 348 g/mol. The molecule has 0 bridgehead atoms. The van der Waals surface area contributed by atoms with Gasteiger partial charge in [0, 0.05) is 11.4 Å². The summed E-state index contributed by atoms with van der Waals surface area (Å²) in [5.41, 5.74) is 0.943. The summed E-state index contributed by atoms with van der Waals surface area (Å²) in [5.74, 6) is 0.611. The zero-order valence-corrected chi connectivity index (χ0v) is 15.8. The minimum atomic E-state index is -0.133. The van der Waals surface area contributed by atoms with E-state index in [2.05, 4.69) is 15.3 Å². The summed E-state index contributed by atoms with van der Waals surface area (Å²) in [6.07, 6.45) is 0.915.